The third kappa shape index (κ3) is 3.99. The van der Waals surface area contributed by atoms with Crippen molar-refractivity contribution >= 4 is 5.91 Å². The minimum atomic E-state index is -0.00624. The number of furan rings is 1. The predicted octanol–water partition coefficient (Wildman–Crippen LogP) is 1.31. The lowest BCUT2D eigenvalue weighted by molar-refractivity contribution is -0.0179. The average molecular weight is 335 g/mol. The number of nitrogens with zero attached hydrogens (tertiary/aromatic N) is 3. The smallest absolute Gasteiger partial charge is 0.289 e. The number of ether oxygens (including phenoxy) is 1. The first kappa shape index (κ1) is 17.5. The van der Waals surface area contributed by atoms with Gasteiger partial charge in [0.05, 0.1) is 19.0 Å². The molecule has 2 saturated heterocycles. The molecule has 3 rings (SSSR count). The number of aryl methyl sites for hydroxylation is 1. The van der Waals surface area contributed by atoms with Crippen LogP contribution in [0.2, 0.25) is 0 Å². The Bertz CT molecular complexity index is 557. The van der Waals surface area contributed by atoms with Crippen molar-refractivity contribution in [2.24, 2.45) is 5.92 Å². The number of amides is 1. The fourth-order valence-electron chi connectivity index (χ4n) is 3.58. The Morgan fingerprint density at radius 2 is 2.17 bits per heavy atom. The van der Waals surface area contributed by atoms with E-state index in [1.807, 2.05) is 17.9 Å². The van der Waals surface area contributed by atoms with Crippen molar-refractivity contribution in [2.75, 3.05) is 60.0 Å². The molecular weight excluding hydrogens is 306 g/mol. The van der Waals surface area contributed by atoms with E-state index >= 15 is 0 Å². The number of rotatable bonds is 4. The van der Waals surface area contributed by atoms with Gasteiger partial charge >= 0.3 is 0 Å². The van der Waals surface area contributed by atoms with Crippen LogP contribution in [-0.2, 0) is 4.74 Å². The molecule has 6 heteroatoms. The van der Waals surface area contributed by atoms with E-state index in [2.05, 4.69) is 23.9 Å². The minimum absolute atomic E-state index is 0.00624. The summed E-state index contributed by atoms with van der Waals surface area (Å²) in [4.78, 5) is 19.3. The molecule has 0 aromatic carbocycles. The van der Waals surface area contributed by atoms with Gasteiger partial charge in [-0.15, -0.1) is 0 Å². The first-order valence-electron chi connectivity index (χ1n) is 8.86. The molecule has 1 amide bonds. The van der Waals surface area contributed by atoms with Crippen molar-refractivity contribution in [3.05, 3.63) is 23.7 Å². The highest BCUT2D eigenvalue weighted by Gasteiger charge is 2.36. The summed E-state index contributed by atoms with van der Waals surface area (Å²) in [6.07, 6.45) is 2.72. The molecule has 6 nitrogen and oxygen atoms in total. The third-order valence-electron chi connectivity index (χ3n) is 5.14. The summed E-state index contributed by atoms with van der Waals surface area (Å²) >= 11 is 0. The van der Waals surface area contributed by atoms with Gasteiger partial charge in [-0.3, -0.25) is 9.69 Å². The zero-order valence-corrected chi connectivity index (χ0v) is 15.0. The van der Waals surface area contributed by atoms with E-state index in [1.165, 1.54) is 0 Å². The molecule has 0 bridgehead atoms. The Balaban J connectivity index is 1.58. The van der Waals surface area contributed by atoms with Crippen LogP contribution in [0.5, 0.6) is 0 Å². The van der Waals surface area contributed by atoms with Gasteiger partial charge in [-0.05, 0) is 33.5 Å². The second kappa shape index (κ2) is 7.68. The molecule has 0 saturated carbocycles. The number of carbonyl (C=O) groups is 1. The summed E-state index contributed by atoms with van der Waals surface area (Å²) in [6.45, 7) is 8.31. The van der Waals surface area contributed by atoms with Crippen molar-refractivity contribution in [2.45, 2.75) is 19.4 Å². The van der Waals surface area contributed by atoms with Crippen LogP contribution in [-0.4, -0.2) is 86.7 Å². The Kier molecular flexibility index (Phi) is 5.58. The minimum Gasteiger partial charge on any atom is -0.459 e. The van der Waals surface area contributed by atoms with Crippen molar-refractivity contribution in [1.82, 2.24) is 14.7 Å². The van der Waals surface area contributed by atoms with Gasteiger partial charge in [-0.25, -0.2) is 0 Å². The van der Waals surface area contributed by atoms with Crippen LogP contribution < -0.4 is 0 Å². The molecule has 2 aliphatic heterocycles. The van der Waals surface area contributed by atoms with E-state index in [-0.39, 0.29) is 12.0 Å². The van der Waals surface area contributed by atoms with Gasteiger partial charge in [-0.2, -0.15) is 0 Å². The highest BCUT2D eigenvalue weighted by Crippen LogP contribution is 2.25. The van der Waals surface area contributed by atoms with Gasteiger partial charge in [0.15, 0.2) is 5.76 Å². The molecule has 1 aromatic rings. The van der Waals surface area contributed by atoms with E-state index in [4.69, 9.17) is 9.15 Å². The molecule has 2 fully saturated rings. The summed E-state index contributed by atoms with van der Waals surface area (Å²) in [5, 5.41) is 0. The molecule has 1 aromatic heterocycles. The lowest BCUT2D eigenvalue weighted by atomic mass is 9.93. The summed E-state index contributed by atoms with van der Waals surface area (Å²) in [5.41, 5.74) is 0.902. The molecule has 3 heterocycles. The van der Waals surface area contributed by atoms with E-state index in [0.717, 1.165) is 51.3 Å². The lowest BCUT2D eigenvalue weighted by Crippen LogP contribution is -2.49. The molecule has 134 valence electrons. The van der Waals surface area contributed by atoms with Crippen LogP contribution in [0.3, 0.4) is 0 Å². The normalized spacial score (nSPS) is 25.6. The number of likely N-dealkylation sites (tertiary alicyclic amines) is 1. The maximum Gasteiger partial charge on any atom is 0.289 e. The van der Waals surface area contributed by atoms with Gasteiger partial charge in [-0.1, -0.05) is 0 Å². The van der Waals surface area contributed by atoms with Gasteiger partial charge in [0, 0.05) is 50.7 Å². The van der Waals surface area contributed by atoms with Crippen molar-refractivity contribution in [1.29, 1.82) is 0 Å². The fraction of sp³-hybridized carbons (Fsp3) is 0.722. The maximum atomic E-state index is 12.6. The molecule has 0 N–H and O–H groups in total. The quantitative estimate of drug-likeness (QED) is 0.830. The average Bonchev–Trinajstić information content (AvgIpc) is 2.88. The molecule has 0 spiro atoms. The number of carbonyl (C=O) groups excluding carboxylic acids is 1. The predicted molar refractivity (Wildman–Crippen MR) is 92.2 cm³/mol. The summed E-state index contributed by atoms with van der Waals surface area (Å²) < 4.78 is 11.5. The van der Waals surface area contributed by atoms with E-state index in [0.29, 0.717) is 18.2 Å². The van der Waals surface area contributed by atoms with Crippen LogP contribution in [0.15, 0.2) is 16.7 Å². The Morgan fingerprint density at radius 1 is 1.33 bits per heavy atom. The number of piperidine rings is 1. The van der Waals surface area contributed by atoms with E-state index in [1.54, 1.807) is 6.26 Å². The molecule has 0 radical (unpaired) electrons. The second-order valence-electron chi connectivity index (χ2n) is 7.25. The van der Waals surface area contributed by atoms with Crippen LogP contribution >= 0.6 is 0 Å². The van der Waals surface area contributed by atoms with Gasteiger partial charge in [0.1, 0.15) is 0 Å². The first-order valence-corrected chi connectivity index (χ1v) is 8.86. The van der Waals surface area contributed by atoms with Crippen LogP contribution in [0.1, 0.15) is 22.5 Å². The van der Waals surface area contributed by atoms with Crippen molar-refractivity contribution in [3.8, 4) is 0 Å². The van der Waals surface area contributed by atoms with E-state index < -0.39 is 0 Å². The van der Waals surface area contributed by atoms with E-state index in [9.17, 15) is 4.79 Å². The number of fused-ring (bicyclic) bond motifs is 1. The van der Waals surface area contributed by atoms with Gasteiger partial charge in [0.2, 0.25) is 0 Å². The van der Waals surface area contributed by atoms with Gasteiger partial charge < -0.3 is 19.0 Å². The highest BCUT2D eigenvalue weighted by molar-refractivity contribution is 5.92. The number of hydrogen-bond donors (Lipinski definition) is 0. The molecule has 24 heavy (non-hydrogen) atoms. The Labute approximate surface area is 144 Å². The summed E-state index contributed by atoms with van der Waals surface area (Å²) in [7, 11) is 4.22. The van der Waals surface area contributed by atoms with Crippen molar-refractivity contribution in [3.63, 3.8) is 0 Å². The van der Waals surface area contributed by atoms with Crippen molar-refractivity contribution < 1.29 is 13.9 Å². The largest absolute Gasteiger partial charge is 0.459 e. The molecule has 0 aliphatic carbocycles. The zero-order chi connectivity index (χ0) is 17.1. The summed E-state index contributed by atoms with van der Waals surface area (Å²) in [6, 6.07) is 1.84. The lowest BCUT2D eigenvalue weighted by Gasteiger charge is -2.37. The maximum absolute atomic E-state index is 12.6. The molecule has 2 atom stereocenters. The van der Waals surface area contributed by atoms with Gasteiger partial charge in [0.25, 0.3) is 5.91 Å². The zero-order valence-electron chi connectivity index (χ0n) is 15.0. The summed E-state index contributed by atoms with van der Waals surface area (Å²) in [5.74, 6) is 0.972. The molecular formula is C18H29N3O3. The highest BCUT2D eigenvalue weighted by atomic mass is 16.5. The third-order valence-corrected chi connectivity index (χ3v) is 5.14. The molecule has 2 aliphatic rings. The van der Waals surface area contributed by atoms with Crippen LogP contribution in [0.4, 0.5) is 0 Å². The second-order valence-corrected chi connectivity index (χ2v) is 7.25. The topological polar surface area (TPSA) is 49.2 Å². The molecule has 0 unspecified atom stereocenters. The number of likely N-dealkylation sites (N-methyl/N-ethyl adjacent to an activating group) is 1. The monoisotopic (exact) mass is 335 g/mol. The van der Waals surface area contributed by atoms with Crippen LogP contribution in [0, 0.1) is 12.8 Å². The Morgan fingerprint density at radius 3 is 2.88 bits per heavy atom. The Hall–Kier alpha value is -1.37. The van der Waals surface area contributed by atoms with Crippen LogP contribution in [0.25, 0.3) is 0 Å². The first-order chi connectivity index (χ1) is 11.5. The SMILES string of the molecule is Cc1ccoc1C(=O)N1CC[C@@H]2CN(CCN(C)C)CCO[C@@H]2C1. The standard InChI is InChI=1S/C18H29N3O3/c1-14-5-10-24-17(14)18(22)21-6-4-15-12-20(8-7-19(2)3)9-11-23-16(15)13-21/h5,10,15-16H,4,6-9,11-13H2,1-3H3/t15-,16-/m1/s1. The fourth-order valence-corrected chi connectivity index (χ4v) is 3.58. The number of hydrogen-bond acceptors (Lipinski definition) is 5.